The minimum atomic E-state index is -0.332. The maximum Gasteiger partial charge on any atom is 0.293 e. The van der Waals surface area contributed by atoms with E-state index in [9.17, 15) is 14.4 Å². The Bertz CT molecular complexity index is 1330. The van der Waals surface area contributed by atoms with Gasteiger partial charge in [0.25, 0.3) is 11.1 Å². The summed E-state index contributed by atoms with van der Waals surface area (Å²) in [6.45, 7) is 2.24. The Hall–Kier alpha value is -3.04. The zero-order valence-corrected chi connectivity index (χ0v) is 22.1. The first kappa shape index (κ1) is 24.6. The van der Waals surface area contributed by atoms with E-state index in [4.69, 9.17) is 4.74 Å². The molecule has 2 aliphatic heterocycles. The number of rotatable bonds is 7. The Balaban J connectivity index is 1.35. The summed E-state index contributed by atoms with van der Waals surface area (Å²) in [7, 11) is 0. The molecule has 1 aromatic heterocycles. The Kier molecular flexibility index (Phi) is 7.48. The van der Waals surface area contributed by atoms with E-state index in [2.05, 4.69) is 15.9 Å². The molecule has 0 radical (unpaired) electrons. The van der Waals surface area contributed by atoms with Crippen molar-refractivity contribution in [2.75, 3.05) is 26.2 Å². The summed E-state index contributed by atoms with van der Waals surface area (Å²) < 4.78 is 8.49. The molecular weight excluding hydrogens is 542 g/mol. The van der Waals surface area contributed by atoms with Crippen LogP contribution in [0, 0.1) is 0 Å². The average molecular weight is 568 g/mol. The molecule has 3 amide bonds. The van der Waals surface area contributed by atoms with Crippen LogP contribution >= 0.6 is 27.7 Å². The number of likely N-dealkylation sites (tertiary alicyclic amines) is 1. The van der Waals surface area contributed by atoms with Gasteiger partial charge in [0.1, 0.15) is 18.9 Å². The minimum absolute atomic E-state index is 0.0970. The fraction of sp³-hybridized carbons (Fsp3) is 0.296. The summed E-state index contributed by atoms with van der Waals surface area (Å²) in [5.74, 6) is 0.458. The van der Waals surface area contributed by atoms with Crippen LogP contribution in [0.1, 0.15) is 24.8 Å². The Labute approximate surface area is 222 Å². The number of hydrogen-bond donors (Lipinski definition) is 0. The van der Waals surface area contributed by atoms with Crippen molar-refractivity contribution in [3.05, 3.63) is 69.7 Å². The van der Waals surface area contributed by atoms with E-state index < -0.39 is 0 Å². The van der Waals surface area contributed by atoms with Gasteiger partial charge in [-0.15, -0.1) is 0 Å². The lowest BCUT2D eigenvalue weighted by Gasteiger charge is -2.27. The number of benzene rings is 2. The smallest absolute Gasteiger partial charge is 0.293 e. The van der Waals surface area contributed by atoms with Crippen LogP contribution < -0.4 is 4.74 Å². The van der Waals surface area contributed by atoms with Crippen LogP contribution in [-0.2, 0) is 16.1 Å². The summed E-state index contributed by atoms with van der Waals surface area (Å²) in [6, 6.07) is 15.2. The second kappa shape index (κ2) is 10.9. The molecule has 7 nitrogen and oxygen atoms in total. The van der Waals surface area contributed by atoms with Gasteiger partial charge in [-0.1, -0.05) is 34.1 Å². The number of imide groups is 1. The molecule has 0 unspecified atom stereocenters. The second-order valence-electron chi connectivity index (χ2n) is 8.81. The summed E-state index contributed by atoms with van der Waals surface area (Å²) >= 11 is 4.46. The number of halogens is 1. The number of ether oxygens (including phenoxy) is 1. The maximum atomic E-state index is 13.0. The molecule has 3 heterocycles. The van der Waals surface area contributed by atoms with Crippen LogP contribution in [0.15, 0.2) is 64.1 Å². The summed E-state index contributed by atoms with van der Waals surface area (Å²) in [6.07, 6.45) is 6.90. The first-order valence-corrected chi connectivity index (χ1v) is 13.6. The monoisotopic (exact) mass is 567 g/mol. The highest BCUT2D eigenvalue weighted by Gasteiger charge is 2.35. The van der Waals surface area contributed by atoms with Crippen LogP contribution in [0.25, 0.3) is 17.0 Å². The maximum absolute atomic E-state index is 13.0. The normalized spacial score (nSPS) is 17.4. The molecule has 0 spiro atoms. The van der Waals surface area contributed by atoms with E-state index in [0.29, 0.717) is 10.7 Å². The third-order valence-electron chi connectivity index (χ3n) is 6.38. The fourth-order valence-corrected chi connectivity index (χ4v) is 5.75. The minimum Gasteiger partial charge on any atom is -0.492 e. The number of thioether (sulfide) groups is 1. The lowest BCUT2D eigenvalue weighted by molar-refractivity contribution is -0.132. The van der Waals surface area contributed by atoms with Gasteiger partial charge in [-0.05, 0) is 67.4 Å². The third-order valence-corrected chi connectivity index (χ3v) is 7.78. The topological polar surface area (TPSA) is 71.9 Å². The van der Waals surface area contributed by atoms with Crippen LogP contribution in [0.5, 0.6) is 5.75 Å². The van der Waals surface area contributed by atoms with E-state index in [1.165, 1.54) is 11.3 Å². The molecule has 0 aliphatic carbocycles. The van der Waals surface area contributed by atoms with E-state index in [1.54, 1.807) is 6.08 Å². The predicted octanol–water partition coefficient (Wildman–Crippen LogP) is 5.53. The first-order chi connectivity index (χ1) is 17.5. The number of nitrogens with zero attached hydrogens (tertiary/aromatic N) is 3. The average Bonchev–Trinajstić information content (AvgIpc) is 3.36. The zero-order valence-electron chi connectivity index (χ0n) is 19.7. The fourth-order valence-electron chi connectivity index (χ4n) is 4.54. The number of para-hydroxylation sites is 1. The van der Waals surface area contributed by atoms with Crippen LogP contribution in [0.4, 0.5) is 4.79 Å². The molecule has 3 aromatic rings. The van der Waals surface area contributed by atoms with Gasteiger partial charge in [-0.25, -0.2) is 0 Å². The highest BCUT2D eigenvalue weighted by atomic mass is 79.9. The number of fused-ring (bicyclic) bond motifs is 1. The van der Waals surface area contributed by atoms with E-state index >= 15 is 0 Å². The molecule has 0 bridgehead atoms. The van der Waals surface area contributed by atoms with Gasteiger partial charge in [0.2, 0.25) is 5.91 Å². The van der Waals surface area contributed by atoms with Gasteiger partial charge in [-0.2, -0.15) is 0 Å². The Morgan fingerprint density at radius 1 is 1.06 bits per heavy atom. The molecule has 2 aliphatic rings. The predicted molar refractivity (Wildman–Crippen MR) is 145 cm³/mol. The van der Waals surface area contributed by atoms with Crippen molar-refractivity contribution in [3.8, 4) is 5.75 Å². The Morgan fingerprint density at radius 2 is 1.83 bits per heavy atom. The molecule has 2 saturated heterocycles. The molecule has 36 heavy (non-hydrogen) atoms. The Morgan fingerprint density at radius 3 is 2.61 bits per heavy atom. The van der Waals surface area contributed by atoms with E-state index in [0.717, 1.165) is 58.6 Å². The number of piperidine rings is 1. The number of hydrogen-bond acceptors (Lipinski definition) is 5. The van der Waals surface area contributed by atoms with Crippen molar-refractivity contribution in [3.63, 3.8) is 0 Å². The van der Waals surface area contributed by atoms with Crippen molar-refractivity contribution in [2.24, 2.45) is 0 Å². The van der Waals surface area contributed by atoms with Crippen molar-refractivity contribution >= 4 is 61.7 Å². The van der Waals surface area contributed by atoms with Gasteiger partial charge in [0.05, 0.1) is 11.4 Å². The van der Waals surface area contributed by atoms with E-state index in [-0.39, 0.29) is 36.7 Å². The molecule has 0 saturated carbocycles. The lowest BCUT2D eigenvalue weighted by atomic mass is 10.1. The highest BCUT2D eigenvalue weighted by molar-refractivity contribution is 9.10. The number of carbonyl (C=O) groups is 3. The number of amides is 3. The summed E-state index contributed by atoms with van der Waals surface area (Å²) in [5, 5.41) is 0.600. The molecular formula is C27H26BrN3O4S. The molecule has 2 fully saturated rings. The SMILES string of the molecule is O=C(Cn1cc(/C=C2\SC(=O)N(CCOc3ccccc3)C2=O)c2cc(Br)ccc21)N1CCCCC1. The molecule has 0 N–H and O–H groups in total. The van der Waals surface area contributed by atoms with Crippen LogP contribution in [0.3, 0.4) is 0 Å². The van der Waals surface area contributed by atoms with Gasteiger partial charge < -0.3 is 14.2 Å². The molecule has 9 heteroatoms. The number of carbonyl (C=O) groups excluding carboxylic acids is 3. The standard InChI is InChI=1S/C27H26BrN3O4S/c28-20-9-10-23-22(16-20)19(17-30(23)18-25(32)29-11-5-2-6-12-29)15-24-26(33)31(27(34)36-24)13-14-35-21-7-3-1-4-8-21/h1,3-4,7-10,15-17H,2,5-6,11-14,18H2/b24-15-. The van der Waals surface area contributed by atoms with E-state index in [1.807, 2.05) is 64.2 Å². The quantitative estimate of drug-likeness (QED) is 0.351. The van der Waals surface area contributed by atoms with Gasteiger partial charge in [0.15, 0.2) is 0 Å². The van der Waals surface area contributed by atoms with Crippen molar-refractivity contribution in [1.82, 2.24) is 14.4 Å². The molecule has 5 rings (SSSR count). The summed E-state index contributed by atoms with van der Waals surface area (Å²) in [5.41, 5.74) is 1.70. The molecule has 2 aromatic carbocycles. The van der Waals surface area contributed by atoms with Crippen LogP contribution in [-0.4, -0.2) is 57.7 Å². The highest BCUT2D eigenvalue weighted by Crippen LogP contribution is 2.35. The van der Waals surface area contributed by atoms with Gasteiger partial charge in [-0.3, -0.25) is 19.3 Å². The van der Waals surface area contributed by atoms with Crippen molar-refractivity contribution in [1.29, 1.82) is 0 Å². The van der Waals surface area contributed by atoms with Gasteiger partial charge >= 0.3 is 0 Å². The zero-order chi connectivity index (χ0) is 25.1. The van der Waals surface area contributed by atoms with Crippen molar-refractivity contribution in [2.45, 2.75) is 25.8 Å². The lowest BCUT2D eigenvalue weighted by Crippen LogP contribution is -2.37. The largest absolute Gasteiger partial charge is 0.492 e. The molecule has 0 atom stereocenters. The molecule has 186 valence electrons. The second-order valence-corrected chi connectivity index (χ2v) is 10.7. The number of aromatic nitrogens is 1. The summed E-state index contributed by atoms with van der Waals surface area (Å²) in [4.78, 5) is 42.1. The first-order valence-electron chi connectivity index (χ1n) is 12.0. The third kappa shape index (κ3) is 5.37. The van der Waals surface area contributed by atoms with Crippen molar-refractivity contribution < 1.29 is 19.1 Å². The van der Waals surface area contributed by atoms with Gasteiger partial charge in [0, 0.05) is 40.2 Å². The van der Waals surface area contributed by atoms with Crippen LogP contribution in [0.2, 0.25) is 0 Å².